The minimum atomic E-state index is -0.410. The van der Waals surface area contributed by atoms with Crippen molar-refractivity contribution in [3.63, 3.8) is 0 Å². The van der Waals surface area contributed by atoms with Gasteiger partial charge in [0.15, 0.2) is 5.76 Å². The summed E-state index contributed by atoms with van der Waals surface area (Å²) in [6, 6.07) is 1.79. The molecule has 1 aromatic rings. The number of nitrogens with zero attached hydrogens (tertiary/aromatic N) is 1. The topological polar surface area (TPSA) is 61.6 Å². The van der Waals surface area contributed by atoms with Crippen LogP contribution in [0.4, 0.5) is 0 Å². The maximum absolute atomic E-state index is 12.0. The molecule has 0 saturated heterocycles. The second-order valence-electron chi connectivity index (χ2n) is 5.10. The van der Waals surface area contributed by atoms with Gasteiger partial charge < -0.3 is 14.0 Å². The van der Waals surface area contributed by atoms with E-state index in [2.05, 4.69) is 12.1 Å². The van der Waals surface area contributed by atoms with E-state index in [1.807, 2.05) is 13.8 Å². The molecule has 20 heavy (non-hydrogen) atoms. The number of carbonyl (C=O) groups excluding carboxylic acids is 1. The first kappa shape index (κ1) is 16.7. The van der Waals surface area contributed by atoms with Crippen LogP contribution in [0.2, 0.25) is 0 Å². The van der Waals surface area contributed by atoms with E-state index < -0.39 is 5.92 Å². The van der Waals surface area contributed by atoms with Crippen molar-refractivity contribution in [3.8, 4) is 0 Å². The Morgan fingerprint density at radius 3 is 2.75 bits per heavy atom. The van der Waals surface area contributed by atoms with E-state index in [-0.39, 0.29) is 11.9 Å². The summed E-state index contributed by atoms with van der Waals surface area (Å²) in [6.45, 7) is 9.32. The van der Waals surface area contributed by atoms with Crippen LogP contribution in [0.25, 0.3) is 0 Å². The zero-order valence-electron chi connectivity index (χ0n) is 12.8. The van der Waals surface area contributed by atoms with Gasteiger partial charge in [0.2, 0.25) is 0 Å². The molecule has 0 fully saturated rings. The van der Waals surface area contributed by atoms with Crippen molar-refractivity contribution in [2.45, 2.75) is 53.1 Å². The molecule has 5 nitrogen and oxygen atoms in total. The SMILES string of the molecule is CCCCOCc1cc(C(C(=O)OCC)C(C)C)on1. The summed E-state index contributed by atoms with van der Waals surface area (Å²) in [6.07, 6.45) is 2.13. The minimum absolute atomic E-state index is 0.0934. The quantitative estimate of drug-likeness (QED) is 0.514. The summed E-state index contributed by atoms with van der Waals surface area (Å²) >= 11 is 0. The monoisotopic (exact) mass is 283 g/mol. The second kappa shape index (κ2) is 8.74. The molecule has 1 unspecified atom stereocenters. The Morgan fingerprint density at radius 1 is 1.40 bits per heavy atom. The van der Waals surface area contributed by atoms with Crippen LogP contribution in [0, 0.1) is 5.92 Å². The average molecular weight is 283 g/mol. The van der Waals surface area contributed by atoms with Crippen LogP contribution in [-0.2, 0) is 20.9 Å². The van der Waals surface area contributed by atoms with Crippen LogP contribution in [-0.4, -0.2) is 24.3 Å². The summed E-state index contributed by atoms with van der Waals surface area (Å²) in [5, 5.41) is 3.95. The Labute approximate surface area is 120 Å². The first-order chi connectivity index (χ1) is 9.60. The Hall–Kier alpha value is -1.36. The van der Waals surface area contributed by atoms with Gasteiger partial charge in [0.25, 0.3) is 0 Å². The average Bonchev–Trinajstić information content (AvgIpc) is 2.83. The molecule has 1 heterocycles. The van der Waals surface area contributed by atoms with Gasteiger partial charge in [-0.2, -0.15) is 0 Å². The van der Waals surface area contributed by atoms with Crippen molar-refractivity contribution in [2.75, 3.05) is 13.2 Å². The number of rotatable bonds is 9. The highest BCUT2D eigenvalue weighted by Gasteiger charge is 2.29. The van der Waals surface area contributed by atoms with Crippen LogP contribution < -0.4 is 0 Å². The third kappa shape index (κ3) is 4.96. The lowest BCUT2D eigenvalue weighted by molar-refractivity contribution is -0.146. The minimum Gasteiger partial charge on any atom is -0.465 e. The molecule has 0 aliphatic rings. The van der Waals surface area contributed by atoms with Gasteiger partial charge in [-0.25, -0.2) is 0 Å². The fourth-order valence-corrected chi connectivity index (χ4v) is 1.91. The fraction of sp³-hybridized carbons (Fsp3) is 0.733. The number of ether oxygens (including phenoxy) is 2. The lowest BCUT2D eigenvalue weighted by atomic mass is 9.93. The number of unbranched alkanes of at least 4 members (excludes halogenated alkanes) is 1. The fourth-order valence-electron chi connectivity index (χ4n) is 1.91. The van der Waals surface area contributed by atoms with Crippen LogP contribution in [0.15, 0.2) is 10.6 Å². The van der Waals surface area contributed by atoms with Gasteiger partial charge in [-0.1, -0.05) is 32.3 Å². The highest BCUT2D eigenvalue weighted by Crippen LogP contribution is 2.26. The normalized spacial score (nSPS) is 12.7. The molecule has 1 rings (SSSR count). The van der Waals surface area contributed by atoms with Crippen molar-refractivity contribution in [2.24, 2.45) is 5.92 Å². The molecular formula is C15H25NO4. The molecule has 0 radical (unpaired) electrons. The molecule has 5 heteroatoms. The molecule has 0 aliphatic carbocycles. The second-order valence-corrected chi connectivity index (χ2v) is 5.10. The molecule has 1 atom stereocenters. The molecule has 0 amide bonds. The Kier molecular flexibility index (Phi) is 7.30. The molecule has 0 spiro atoms. The highest BCUT2D eigenvalue weighted by molar-refractivity contribution is 5.77. The van der Waals surface area contributed by atoms with Gasteiger partial charge in [-0.05, 0) is 19.3 Å². The lowest BCUT2D eigenvalue weighted by Crippen LogP contribution is -2.20. The lowest BCUT2D eigenvalue weighted by Gasteiger charge is -2.15. The zero-order chi connectivity index (χ0) is 15.0. The smallest absolute Gasteiger partial charge is 0.317 e. The van der Waals surface area contributed by atoms with E-state index >= 15 is 0 Å². The number of hydrogen-bond acceptors (Lipinski definition) is 5. The summed E-state index contributed by atoms with van der Waals surface area (Å²) in [4.78, 5) is 12.0. The zero-order valence-corrected chi connectivity index (χ0v) is 12.8. The predicted octanol–water partition coefficient (Wildman–Crippen LogP) is 3.29. The molecule has 0 aromatic carbocycles. The van der Waals surface area contributed by atoms with Gasteiger partial charge in [-0.3, -0.25) is 4.79 Å². The first-order valence-corrected chi connectivity index (χ1v) is 7.30. The number of aromatic nitrogens is 1. The van der Waals surface area contributed by atoms with Crippen LogP contribution in [0.3, 0.4) is 0 Å². The van der Waals surface area contributed by atoms with Crippen LogP contribution >= 0.6 is 0 Å². The van der Waals surface area contributed by atoms with Gasteiger partial charge in [0, 0.05) is 12.7 Å². The van der Waals surface area contributed by atoms with Crippen LogP contribution in [0.1, 0.15) is 57.9 Å². The summed E-state index contributed by atoms with van der Waals surface area (Å²) < 4.78 is 15.8. The van der Waals surface area contributed by atoms with Gasteiger partial charge in [0.05, 0.1) is 13.2 Å². The van der Waals surface area contributed by atoms with Gasteiger partial charge in [0.1, 0.15) is 11.6 Å². The summed E-state index contributed by atoms with van der Waals surface area (Å²) in [5.41, 5.74) is 0.714. The summed E-state index contributed by atoms with van der Waals surface area (Å²) in [7, 11) is 0. The molecule has 0 N–H and O–H groups in total. The van der Waals surface area contributed by atoms with Gasteiger partial charge in [-0.15, -0.1) is 0 Å². The Bertz CT molecular complexity index is 400. The first-order valence-electron chi connectivity index (χ1n) is 7.30. The van der Waals surface area contributed by atoms with E-state index in [9.17, 15) is 4.79 Å². The van der Waals surface area contributed by atoms with Crippen molar-refractivity contribution in [3.05, 3.63) is 17.5 Å². The summed E-state index contributed by atoms with van der Waals surface area (Å²) in [5.74, 6) is -0.0349. The van der Waals surface area contributed by atoms with Crippen molar-refractivity contribution >= 4 is 5.97 Å². The van der Waals surface area contributed by atoms with E-state index in [0.29, 0.717) is 31.3 Å². The third-order valence-corrected chi connectivity index (χ3v) is 2.98. The van der Waals surface area contributed by atoms with E-state index in [4.69, 9.17) is 14.0 Å². The molecular weight excluding hydrogens is 258 g/mol. The third-order valence-electron chi connectivity index (χ3n) is 2.98. The molecule has 114 valence electrons. The van der Waals surface area contributed by atoms with E-state index in [0.717, 1.165) is 12.8 Å². The maximum atomic E-state index is 12.0. The Morgan fingerprint density at radius 2 is 2.15 bits per heavy atom. The Balaban J connectivity index is 2.64. The molecule has 0 aliphatic heterocycles. The number of esters is 1. The number of carbonyl (C=O) groups is 1. The number of hydrogen-bond donors (Lipinski definition) is 0. The van der Waals surface area contributed by atoms with Crippen molar-refractivity contribution < 1.29 is 18.8 Å². The molecule has 0 bridgehead atoms. The molecule has 1 aromatic heterocycles. The van der Waals surface area contributed by atoms with E-state index in [1.54, 1.807) is 13.0 Å². The maximum Gasteiger partial charge on any atom is 0.317 e. The van der Waals surface area contributed by atoms with Gasteiger partial charge >= 0.3 is 5.97 Å². The highest BCUT2D eigenvalue weighted by atomic mass is 16.5. The largest absolute Gasteiger partial charge is 0.465 e. The van der Waals surface area contributed by atoms with Crippen molar-refractivity contribution in [1.29, 1.82) is 0 Å². The standard InChI is InChI=1S/C15H25NO4/c1-5-7-8-18-10-12-9-13(20-16-12)14(11(3)4)15(17)19-6-2/h9,11,14H,5-8,10H2,1-4H3. The predicted molar refractivity (Wildman–Crippen MR) is 75.3 cm³/mol. The molecule has 0 saturated carbocycles. The van der Waals surface area contributed by atoms with Crippen molar-refractivity contribution in [1.82, 2.24) is 5.16 Å². The van der Waals surface area contributed by atoms with E-state index in [1.165, 1.54) is 0 Å². The van der Waals surface area contributed by atoms with Crippen LogP contribution in [0.5, 0.6) is 0 Å².